The van der Waals surface area contributed by atoms with Crippen LogP contribution in [0.5, 0.6) is 0 Å². The van der Waals surface area contributed by atoms with Crippen molar-refractivity contribution in [1.29, 1.82) is 0 Å². The monoisotopic (exact) mass is 482 g/mol. The van der Waals surface area contributed by atoms with Crippen LogP contribution in [0.1, 0.15) is 42.7 Å². The van der Waals surface area contributed by atoms with E-state index in [9.17, 15) is 9.59 Å². The van der Waals surface area contributed by atoms with Gasteiger partial charge in [0, 0.05) is 30.6 Å². The second kappa shape index (κ2) is 10.1. The number of carbonyl (C=O) groups is 2. The molecule has 2 fully saturated rings. The second-order valence-corrected chi connectivity index (χ2v) is 9.11. The minimum atomic E-state index is -0.423. The molecule has 0 unspecified atom stereocenters. The summed E-state index contributed by atoms with van der Waals surface area (Å²) in [5, 5.41) is 7.77. The van der Waals surface area contributed by atoms with Crippen molar-refractivity contribution in [3.8, 4) is 0 Å². The lowest BCUT2D eigenvalue weighted by Crippen LogP contribution is -2.53. The van der Waals surface area contributed by atoms with Crippen LogP contribution in [0.2, 0.25) is 5.02 Å². The number of para-hydroxylation sites is 1. The number of amides is 2. The summed E-state index contributed by atoms with van der Waals surface area (Å²) in [5.74, 6) is 0.166. The number of nitrogens with one attached hydrogen (secondary N) is 1. The van der Waals surface area contributed by atoms with Gasteiger partial charge in [-0.15, -0.1) is 0 Å². The van der Waals surface area contributed by atoms with Gasteiger partial charge < -0.3 is 14.5 Å². The maximum absolute atomic E-state index is 13.8. The molecule has 0 spiro atoms. The molecule has 0 atom stereocenters. The highest BCUT2D eigenvalue weighted by Crippen LogP contribution is 2.34. The number of benzene rings is 1. The number of nitrogens with zero attached hydrogens (tertiary/aromatic N) is 3. The fraction of sp³-hybridized carbons (Fsp3) is 0.400. The number of anilines is 2. The van der Waals surface area contributed by atoms with Crippen molar-refractivity contribution in [2.75, 3.05) is 36.6 Å². The molecule has 2 amide bonds. The third kappa shape index (κ3) is 4.80. The van der Waals surface area contributed by atoms with Gasteiger partial charge >= 0.3 is 0 Å². The summed E-state index contributed by atoms with van der Waals surface area (Å²) in [6.07, 6.45) is 6.58. The Bertz CT molecular complexity index is 1170. The zero-order valence-electron chi connectivity index (χ0n) is 18.8. The molecule has 2 aromatic heterocycles. The normalized spacial score (nSPS) is 17.6. The van der Waals surface area contributed by atoms with Gasteiger partial charge in [-0.3, -0.25) is 9.59 Å². The highest BCUT2D eigenvalue weighted by atomic mass is 35.5. The van der Waals surface area contributed by atoms with Gasteiger partial charge in [0.2, 0.25) is 5.91 Å². The zero-order valence-corrected chi connectivity index (χ0v) is 19.6. The zero-order chi connectivity index (χ0) is 23.5. The first-order chi connectivity index (χ1) is 16.6. The van der Waals surface area contributed by atoms with Crippen molar-refractivity contribution in [3.05, 3.63) is 53.4 Å². The number of pyridine rings is 1. The number of hydrazine groups is 1. The fourth-order valence-electron chi connectivity index (χ4n) is 4.64. The molecule has 1 N–H and O–H groups in total. The lowest BCUT2D eigenvalue weighted by Gasteiger charge is -2.39. The second-order valence-electron chi connectivity index (χ2n) is 8.67. The minimum absolute atomic E-state index is 0.0134. The van der Waals surface area contributed by atoms with Gasteiger partial charge in [0.05, 0.1) is 18.2 Å². The van der Waals surface area contributed by atoms with Crippen molar-refractivity contribution < 1.29 is 18.7 Å². The van der Waals surface area contributed by atoms with Gasteiger partial charge in [-0.2, -0.15) is 0 Å². The van der Waals surface area contributed by atoms with E-state index in [0.29, 0.717) is 48.4 Å². The molecule has 1 saturated carbocycles. The minimum Gasteiger partial charge on any atom is -0.449 e. The molecule has 1 aliphatic heterocycles. The summed E-state index contributed by atoms with van der Waals surface area (Å²) in [6, 6.07) is 10.6. The molecule has 34 heavy (non-hydrogen) atoms. The predicted octanol–water partition coefficient (Wildman–Crippen LogP) is 4.89. The number of aromatic nitrogens is 1. The van der Waals surface area contributed by atoms with Gasteiger partial charge in [-0.25, -0.2) is 15.0 Å². The van der Waals surface area contributed by atoms with Gasteiger partial charge in [0.15, 0.2) is 11.3 Å². The topological polar surface area (TPSA) is 87.9 Å². The number of fused-ring (bicyclic) bond motifs is 1. The van der Waals surface area contributed by atoms with E-state index < -0.39 is 5.91 Å². The van der Waals surface area contributed by atoms with Crippen LogP contribution in [0.3, 0.4) is 0 Å². The summed E-state index contributed by atoms with van der Waals surface area (Å²) < 4.78 is 11.6. The predicted molar refractivity (Wildman–Crippen MR) is 130 cm³/mol. The van der Waals surface area contributed by atoms with Gasteiger partial charge in [-0.1, -0.05) is 43.0 Å². The van der Waals surface area contributed by atoms with Crippen LogP contribution in [-0.2, 0) is 9.53 Å². The number of hydrogen-bond donors (Lipinski definition) is 1. The van der Waals surface area contributed by atoms with Crippen molar-refractivity contribution in [3.63, 3.8) is 0 Å². The number of halogens is 1. The van der Waals surface area contributed by atoms with E-state index in [1.807, 2.05) is 23.2 Å². The molecule has 3 heterocycles. The van der Waals surface area contributed by atoms with Crippen LogP contribution in [0.4, 0.5) is 11.5 Å². The first kappa shape index (κ1) is 22.8. The van der Waals surface area contributed by atoms with Crippen LogP contribution in [-0.4, -0.2) is 48.1 Å². The number of rotatable bonds is 5. The van der Waals surface area contributed by atoms with E-state index in [1.54, 1.807) is 23.2 Å². The van der Waals surface area contributed by atoms with Gasteiger partial charge in [0.25, 0.3) is 5.91 Å². The van der Waals surface area contributed by atoms with Gasteiger partial charge in [-0.05, 0) is 37.1 Å². The SMILES string of the molecule is O=C(Nc1ccc(Cl)cn1)c1cc2cccc(N(C(=O)C3CCCCC3)N3CCOCC3)c2o1. The molecule has 5 rings (SSSR count). The third-order valence-electron chi connectivity index (χ3n) is 6.38. The van der Waals surface area contributed by atoms with Crippen LogP contribution in [0.15, 0.2) is 47.0 Å². The average molecular weight is 483 g/mol. The first-order valence-electron chi connectivity index (χ1n) is 11.7. The quantitative estimate of drug-likeness (QED) is 0.556. The van der Waals surface area contributed by atoms with E-state index in [0.717, 1.165) is 31.1 Å². The molecule has 1 saturated heterocycles. The summed E-state index contributed by atoms with van der Waals surface area (Å²) in [4.78, 5) is 30.7. The molecule has 1 aromatic carbocycles. The van der Waals surface area contributed by atoms with Crippen LogP contribution in [0, 0.1) is 5.92 Å². The Balaban J connectivity index is 1.48. The lowest BCUT2D eigenvalue weighted by atomic mass is 9.88. The van der Waals surface area contributed by atoms with Crippen LogP contribution < -0.4 is 10.3 Å². The van der Waals surface area contributed by atoms with Crippen molar-refractivity contribution in [2.45, 2.75) is 32.1 Å². The fourth-order valence-corrected chi connectivity index (χ4v) is 4.75. The van der Waals surface area contributed by atoms with Crippen molar-refractivity contribution in [2.24, 2.45) is 5.92 Å². The number of furan rings is 1. The molecular weight excluding hydrogens is 456 g/mol. The summed E-state index contributed by atoms with van der Waals surface area (Å²) in [6.45, 7) is 2.35. The van der Waals surface area contributed by atoms with Crippen LogP contribution in [0.25, 0.3) is 11.0 Å². The van der Waals surface area contributed by atoms with E-state index >= 15 is 0 Å². The van der Waals surface area contributed by atoms with E-state index in [2.05, 4.69) is 10.3 Å². The Morgan fingerprint density at radius 1 is 1.09 bits per heavy atom. The smallest absolute Gasteiger partial charge is 0.292 e. The summed E-state index contributed by atoms with van der Waals surface area (Å²) >= 11 is 5.87. The largest absolute Gasteiger partial charge is 0.449 e. The van der Waals surface area contributed by atoms with Crippen LogP contribution >= 0.6 is 11.6 Å². The molecule has 178 valence electrons. The number of morpholine rings is 1. The maximum Gasteiger partial charge on any atom is 0.292 e. The Morgan fingerprint density at radius 2 is 1.88 bits per heavy atom. The van der Waals surface area contributed by atoms with E-state index in [1.165, 1.54) is 12.6 Å². The number of carbonyl (C=O) groups excluding carboxylic acids is 2. The molecule has 0 bridgehead atoms. The Morgan fingerprint density at radius 3 is 2.62 bits per heavy atom. The highest BCUT2D eigenvalue weighted by molar-refractivity contribution is 6.30. The highest BCUT2D eigenvalue weighted by Gasteiger charge is 2.33. The average Bonchev–Trinajstić information content (AvgIpc) is 3.32. The number of ether oxygens (including phenoxy) is 1. The molecule has 1 aliphatic carbocycles. The third-order valence-corrected chi connectivity index (χ3v) is 6.60. The Labute approximate surface area is 202 Å². The number of hydrogen-bond acceptors (Lipinski definition) is 6. The summed E-state index contributed by atoms with van der Waals surface area (Å²) in [5.41, 5.74) is 1.16. The summed E-state index contributed by atoms with van der Waals surface area (Å²) in [7, 11) is 0. The molecular formula is C25H27ClN4O4. The molecule has 8 nitrogen and oxygen atoms in total. The molecule has 3 aromatic rings. The first-order valence-corrected chi connectivity index (χ1v) is 12.1. The maximum atomic E-state index is 13.8. The van der Waals surface area contributed by atoms with Gasteiger partial charge in [0.1, 0.15) is 11.5 Å². The molecule has 0 radical (unpaired) electrons. The van der Waals surface area contributed by atoms with E-state index in [4.69, 9.17) is 20.8 Å². The van der Waals surface area contributed by atoms with E-state index in [-0.39, 0.29) is 17.6 Å². The molecule has 2 aliphatic rings. The molecule has 9 heteroatoms. The van der Waals surface area contributed by atoms with Crippen molar-refractivity contribution in [1.82, 2.24) is 9.99 Å². The lowest BCUT2D eigenvalue weighted by molar-refractivity contribution is -0.127. The standard InChI is InChI=1S/C25H27ClN4O4/c26-19-9-10-22(27-16-19)28-24(31)21-15-18-7-4-8-20(23(18)34-21)30(29-11-13-33-14-12-29)25(32)17-5-2-1-3-6-17/h4,7-10,15-17H,1-3,5-6,11-14H2,(H,27,28,31). The Kier molecular flexibility index (Phi) is 6.80. The van der Waals surface area contributed by atoms with Crippen molar-refractivity contribution >= 4 is 45.9 Å². The Hall–Kier alpha value is -2.94.